The molecule has 72 valence electrons. The molecule has 1 aliphatic heterocycles. The minimum atomic E-state index is -0.223. The predicted molar refractivity (Wildman–Crippen MR) is 45.8 cm³/mol. The van der Waals surface area contributed by atoms with Gasteiger partial charge in [-0.1, -0.05) is 13.8 Å². The van der Waals surface area contributed by atoms with Crippen molar-refractivity contribution in [2.24, 2.45) is 5.92 Å². The molecule has 1 fully saturated rings. The second kappa shape index (κ2) is 3.68. The summed E-state index contributed by atoms with van der Waals surface area (Å²) in [6.45, 7) is 3.47. The molecule has 0 aromatic carbocycles. The van der Waals surface area contributed by atoms with E-state index in [0.717, 1.165) is 4.90 Å². The Morgan fingerprint density at radius 1 is 1.31 bits per heavy atom. The van der Waals surface area contributed by atoms with Crippen LogP contribution in [0.5, 0.6) is 0 Å². The lowest BCUT2D eigenvalue weighted by atomic mass is 10.1. The van der Waals surface area contributed by atoms with E-state index in [1.165, 1.54) is 0 Å². The number of nitrogens with zero attached hydrogens (tertiary/aromatic N) is 1. The zero-order valence-electron chi connectivity index (χ0n) is 7.87. The maximum Gasteiger partial charge on any atom is 0.230 e. The Morgan fingerprint density at radius 2 is 1.77 bits per heavy atom. The third kappa shape index (κ3) is 2.14. The lowest BCUT2D eigenvalue weighted by Gasteiger charge is -2.13. The van der Waals surface area contributed by atoms with Gasteiger partial charge in [-0.2, -0.15) is 0 Å². The highest BCUT2D eigenvalue weighted by atomic mass is 16.2. The highest BCUT2D eigenvalue weighted by molar-refractivity contribution is 6.04. The van der Waals surface area contributed by atoms with E-state index in [1.54, 1.807) is 13.8 Å². The molecule has 13 heavy (non-hydrogen) atoms. The van der Waals surface area contributed by atoms with Crippen LogP contribution in [-0.2, 0) is 14.4 Å². The maximum absolute atomic E-state index is 11.2. The van der Waals surface area contributed by atoms with Crippen molar-refractivity contribution in [3.8, 4) is 0 Å². The van der Waals surface area contributed by atoms with E-state index in [2.05, 4.69) is 0 Å². The van der Waals surface area contributed by atoms with Gasteiger partial charge in [0.25, 0.3) is 0 Å². The molecule has 0 aliphatic carbocycles. The minimum Gasteiger partial charge on any atom is -0.297 e. The summed E-state index contributed by atoms with van der Waals surface area (Å²) in [7, 11) is 0. The molecular formula is C9H13NO3. The van der Waals surface area contributed by atoms with E-state index < -0.39 is 0 Å². The first-order chi connectivity index (χ1) is 6.02. The summed E-state index contributed by atoms with van der Waals surface area (Å²) in [5.41, 5.74) is 0. The van der Waals surface area contributed by atoms with Crippen molar-refractivity contribution in [2.45, 2.75) is 26.7 Å². The summed E-state index contributed by atoms with van der Waals surface area (Å²) in [4.78, 5) is 34.5. The van der Waals surface area contributed by atoms with E-state index >= 15 is 0 Å². The van der Waals surface area contributed by atoms with Gasteiger partial charge in [-0.15, -0.1) is 0 Å². The van der Waals surface area contributed by atoms with Gasteiger partial charge in [-0.05, 0) is 0 Å². The molecule has 0 spiro atoms. The molecule has 0 N–H and O–H groups in total. The van der Waals surface area contributed by atoms with E-state index in [0.29, 0.717) is 0 Å². The predicted octanol–water partition coefficient (Wildman–Crippen LogP) is 0.361. The molecule has 0 atom stereocenters. The summed E-state index contributed by atoms with van der Waals surface area (Å²) >= 11 is 0. The van der Waals surface area contributed by atoms with Gasteiger partial charge in [-0.3, -0.25) is 19.3 Å². The molecule has 0 bridgehead atoms. The van der Waals surface area contributed by atoms with E-state index in [1.807, 2.05) is 0 Å². The van der Waals surface area contributed by atoms with Gasteiger partial charge in [0.05, 0.1) is 6.54 Å². The summed E-state index contributed by atoms with van der Waals surface area (Å²) in [6.07, 6.45) is 0.508. The zero-order chi connectivity index (χ0) is 10.0. The van der Waals surface area contributed by atoms with Crippen molar-refractivity contribution in [3.63, 3.8) is 0 Å². The Balaban J connectivity index is 2.58. The number of hydrogen-bond donors (Lipinski definition) is 0. The molecule has 0 unspecified atom stereocenters. The molecule has 2 amide bonds. The topological polar surface area (TPSA) is 54.5 Å². The number of imide groups is 1. The van der Waals surface area contributed by atoms with Crippen molar-refractivity contribution in [1.29, 1.82) is 0 Å². The average Bonchev–Trinajstić information content (AvgIpc) is 2.35. The third-order valence-electron chi connectivity index (χ3n) is 2.11. The lowest BCUT2D eigenvalue weighted by molar-refractivity contribution is -0.142. The van der Waals surface area contributed by atoms with Crippen LogP contribution in [0.2, 0.25) is 0 Å². The Hall–Kier alpha value is -1.19. The zero-order valence-corrected chi connectivity index (χ0v) is 7.87. The monoisotopic (exact) mass is 183 g/mol. The number of amides is 2. The van der Waals surface area contributed by atoms with Crippen LogP contribution in [0.15, 0.2) is 0 Å². The number of ketones is 1. The fourth-order valence-electron chi connectivity index (χ4n) is 1.14. The van der Waals surface area contributed by atoms with Gasteiger partial charge in [0.15, 0.2) is 5.78 Å². The van der Waals surface area contributed by atoms with E-state index in [4.69, 9.17) is 0 Å². The lowest BCUT2D eigenvalue weighted by Crippen LogP contribution is -2.35. The molecule has 1 aliphatic rings. The van der Waals surface area contributed by atoms with E-state index in [-0.39, 0.29) is 42.9 Å². The highest BCUT2D eigenvalue weighted by Gasteiger charge is 2.30. The highest BCUT2D eigenvalue weighted by Crippen LogP contribution is 2.12. The van der Waals surface area contributed by atoms with Crippen molar-refractivity contribution in [1.82, 2.24) is 4.90 Å². The molecule has 1 rings (SSSR count). The van der Waals surface area contributed by atoms with Gasteiger partial charge in [-0.25, -0.2) is 0 Å². The minimum absolute atomic E-state index is 0.0463. The van der Waals surface area contributed by atoms with Crippen molar-refractivity contribution >= 4 is 17.6 Å². The SMILES string of the molecule is CC(C)C(=O)CN1C(=O)CCC1=O. The maximum atomic E-state index is 11.2. The first-order valence-electron chi connectivity index (χ1n) is 4.38. The Morgan fingerprint density at radius 3 is 2.15 bits per heavy atom. The summed E-state index contributed by atoms with van der Waals surface area (Å²) in [5.74, 6) is -0.636. The van der Waals surface area contributed by atoms with Gasteiger partial charge in [0.1, 0.15) is 0 Å². The first kappa shape index (κ1) is 9.89. The first-order valence-corrected chi connectivity index (χ1v) is 4.38. The average molecular weight is 183 g/mol. The number of hydrogen-bond acceptors (Lipinski definition) is 3. The number of Topliss-reactive ketones (excluding diaryl/α,β-unsaturated/α-hetero) is 1. The fourth-order valence-corrected chi connectivity index (χ4v) is 1.14. The second-order valence-electron chi connectivity index (χ2n) is 3.49. The Labute approximate surface area is 76.9 Å². The van der Waals surface area contributed by atoms with Crippen molar-refractivity contribution in [2.75, 3.05) is 6.54 Å². The number of carbonyl (C=O) groups is 3. The fraction of sp³-hybridized carbons (Fsp3) is 0.667. The van der Waals surface area contributed by atoms with Crippen LogP contribution < -0.4 is 0 Å². The molecule has 0 radical (unpaired) electrons. The van der Waals surface area contributed by atoms with Crippen LogP contribution in [0.25, 0.3) is 0 Å². The van der Waals surface area contributed by atoms with Crippen LogP contribution in [0.1, 0.15) is 26.7 Å². The van der Waals surface area contributed by atoms with Gasteiger partial charge in [0, 0.05) is 18.8 Å². The second-order valence-corrected chi connectivity index (χ2v) is 3.49. The van der Waals surface area contributed by atoms with Crippen LogP contribution in [0, 0.1) is 5.92 Å². The Kier molecular flexibility index (Phi) is 2.80. The van der Waals surface area contributed by atoms with Crippen LogP contribution >= 0.6 is 0 Å². The van der Waals surface area contributed by atoms with Crippen LogP contribution in [0.3, 0.4) is 0 Å². The van der Waals surface area contributed by atoms with Crippen molar-refractivity contribution < 1.29 is 14.4 Å². The standard InChI is InChI=1S/C9H13NO3/c1-6(2)7(11)5-10-8(12)3-4-9(10)13/h6H,3-5H2,1-2H3. The number of rotatable bonds is 3. The molecular weight excluding hydrogens is 170 g/mol. The molecule has 0 aromatic rings. The number of likely N-dealkylation sites (tertiary alicyclic amines) is 1. The summed E-state index contributed by atoms with van der Waals surface area (Å²) in [6, 6.07) is 0. The van der Waals surface area contributed by atoms with E-state index in [9.17, 15) is 14.4 Å². The molecule has 4 heteroatoms. The summed E-state index contributed by atoms with van der Waals surface area (Å²) < 4.78 is 0. The molecule has 0 saturated carbocycles. The molecule has 1 saturated heterocycles. The van der Waals surface area contributed by atoms with Gasteiger partial charge in [0.2, 0.25) is 11.8 Å². The van der Waals surface area contributed by atoms with Crippen molar-refractivity contribution in [3.05, 3.63) is 0 Å². The van der Waals surface area contributed by atoms with Gasteiger partial charge < -0.3 is 0 Å². The Bertz CT molecular complexity index is 242. The largest absolute Gasteiger partial charge is 0.297 e. The quantitative estimate of drug-likeness (QED) is 0.593. The van der Waals surface area contributed by atoms with Crippen LogP contribution in [0.4, 0.5) is 0 Å². The third-order valence-corrected chi connectivity index (χ3v) is 2.11. The van der Waals surface area contributed by atoms with Crippen LogP contribution in [-0.4, -0.2) is 29.0 Å². The van der Waals surface area contributed by atoms with Gasteiger partial charge >= 0.3 is 0 Å². The summed E-state index contributed by atoms with van der Waals surface area (Å²) in [5, 5.41) is 0. The normalized spacial score (nSPS) is 17.3. The molecule has 1 heterocycles. The molecule has 4 nitrogen and oxygen atoms in total. The number of carbonyl (C=O) groups excluding carboxylic acids is 3. The smallest absolute Gasteiger partial charge is 0.230 e. The molecule has 0 aromatic heterocycles.